The SMILES string of the molecule is CC(C)(C)OC(=O)[n+]1ccc(C(=O)O)cc1. The van der Waals surface area contributed by atoms with Gasteiger partial charge in [0, 0.05) is 12.1 Å². The van der Waals surface area contributed by atoms with Crippen molar-refractivity contribution in [2.45, 2.75) is 26.4 Å². The molecule has 0 bridgehead atoms. The first-order chi connectivity index (χ1) is 7.29. The molecule has 0 saturated heterocycles. The minimum Gasteiger partial charge on any atom is -0.478 e. The van der Waals surface area contributed by atoms with Gasteiger partial charge in [-0.25, -0.2) is 4.79 Å². The standard InChI is InChI=1S/C11H13NO4/c1-11(2,3)16-10(15)12-6-4-8(5-7-12)9(13)14/h4-7H,1-3H3/p+1. The molecule has 0 saturated carbocycles. The summed E-state index contributed by atoms with van der Waals surface area (Å²) in [5, 5.41) is 8.68. The van der Waals surface area contributed by atoms with Crippen molar-refractivity contribution < 1.29 is 24.0 Å². The second-order valence-corrected chi connectivity index (χ2v) is 4.28. The number of carboxylic acids is 1. The third-order valence-electron chi connectivity index (χ3n) is 1.68. The number of carbonyl (C=O) groups excluding carboxylic acids is 1. The van der Waals surface area contributed by atoms with Crippen LogP contribution in [0, 0.1) is 0 Å². The van der Waals surface area contributed by atoms with E-state index >= 15 is 0 Å². The smallest absolute Gasteiger partial charge is 0.478 e. The number of aromatic nitrogens is 1. The Morgan fingerprint density at radius 3 is 2.12 bits per heavy atom. The minimum absolute atomic E-state index is 0.125. The van der Waals surface area contributed by atoms with Crippen LogP contribution in [0.25, 0.3) is 0 Å². The highest BCUT2D eigenvalue weighted by Gasteiger charge is 2.24. The van der Waals surface area contributed by atoms with Crippen molar-refractivity contribution in [3.8, 4) is 0 Å². The molecule has 0 aliphatic carbocycles. The van der Waals surface area contributed by atoms with Gasteiger partial charge in [0.1, 0.15) is 5.60 Å². The van der Waals surface area contributed by atoms with E-state index in [0.29, 0.717) is 0 Å². The number of nitrogens with zero attached hydrogens (tertiary/aromatic N) is 1. The first-order valence-electron chi connectivity index (χ1n) is 4.77. The molecule has 1 aromatic heterocycles. The topological polar surface area (TPSA) is 67.5 Å². The fraction of sp³-hybridized carbons (Fsp3) is 0.364. The number of carbonyl (C=O) groups is 2. The number of hydrogen-bond donors (Lipinski definition) is 1. The summed E-state index contributed by atoms with van der Waals surface area (Å²) in [4.78, 5) is 22.1. The van der Waals surface area contributed by atoms with Gasteiger partial charge in [-0.15, -0.1) is 0 Å². The third-order valence-corrected chi connectivity index (χ3v) is 1.68. The highest BCUT2D eigenvalue weighted by molar-refractivity contribution is 5.87. The van der Waals surface area contributed by atoms with Crippen LogP contribution in [0.15, 0.2) is 24.5 Å². The number of hydrogen-bond acceptors (Lipinski definition) is 3. The Labute approximate surface area is 93.3 Å². The van der Waals surface area contributed by atoms with Crippen LogP contribution in [0.5, 0.6) is 0 Å². The Morgan fingerprint density at radius 2 is 1.75 bits per heavy atom. The zero-order valence-electron chi connectivity index (χ0n) is 9.43. The predicted octanol–water partition coefficient (Wildman–Crippen LogP) is 1.46. The summed E-state index contributed by atoms with van der Waals surface area (Å²) >= 11 is 0. The Hall–Kier alpha value is -1.91. The summed E-state index contributed by atoms with van der Waals surface area (Å²) in [5.41, 5.74) is -0.449. The molecule has 0 aliphatic heterocycles. The summed E-state index contributed by atoms with van der Waals surface area (Å²) in [6.45, 7) is 5.28. The minimum atomic E-state index is -1.03. The van der Waals surface area contributed by atoms with Crippen LogP contribution in [0.2, 0.25) is 0 Å². The number of rotatable bonds is 1. The van der Waals surface area contributed by atoms with Crippen molar-refractivity contribution in [2.75, 3.05) is 0 Å². The summed E-state index contributed by atoms with van der Waals surface area (Å²) in [7, 11) is 0. The number of pyridine rings is 1. The highest BCUT2D eigenvalue weighted by atomic mass is 16.6. The molecule has 0 aromatic carbocycles. The Balaban J connectivity index is 2.82. The van der Waals surface area contributed by atoms with E-state index < -0.39 is 17.7 Å². The van der Waals surface area contributed by atoms with E-state index in [1.54, 1.807) is 20.8 Å². The van der Waals surface area contributed by atoms with Crippen LogP contribution in [-0.2, 0) is 4.74 Å². The fourth-order valence-electron chi connectivity index (χ4n) is 1.01. The molecular formula is C11H14NO4+. The molecule has 0 fully saturated rings. The van der Waals surface area contributed by atoms with Gasteiger partial charge in [0.2, 0.25) is 0 Å². The van der Waals surface area contributed by atoms with Gasteiger partial charge in [-0.1, -0.05) is 4.57 Å². The van der Waals surface area contributed by atoms with Gasteiger partial charge >= 0.3 is 12.1 Å². The molecule has 1 heterocycles. The van der Waals surface area contributed by atoms with E-state index in [2.05, 4.69) is 0 Å². The molecule has 5 nitrogen and oxygen atoms in total. The molecule has 0 aliphatic rings. The lowest BCUT2D eigenvalue weighted by Gasteiger charge is -2.15. The molecule has 86 valence electrons. The van der Waals surface area contributed by atoms with Gasteiger partial charge < -0.3 is 9.84 Å². The van der Waals surface area contributed by atoms with E-state index in [-0.39, 0.29) is 5.56 Å². The van der Waals surface area contributed by atoms with Gasteiger partial charge in [0.15, 0.2) is 12.4 Å². The predicted molar refractivity (Wildman–Crippen MR) is 55.2 cm³/mol. The second-order valence-electron chi connectivity index (χ2n) is 4.28. The zero-order chi connectivity index (χ0) is 12.3. The van der Waals surface area contributed by atoms with E-state index in [1.807, 2.05) is 0 Å². The first kappa shape index (κ1) is 12.2. The molecule has 0 atom stereocenters. The summed E-state index contributed by atoms with van der Waals surface area (Å²) in [5.74, 6) is -1.03. The van der Waals surface area contributed by atoms with Gasteiger partial charge in [-0.05, 0) is 20.8 Å². The summed E-state index contributed by atoms with van der Waals surface area (Å²) < 4.78 is 6.29. The van der Waals surface area contributed by atoms with Crippen LogP contribution >= 0.6 is 0 Å². The molecule has 0 spiro atoms. The Kier molecular flexibility index (Phi) is 3.27. The lowest BCUT2D eigenvalue weighted by atomic mass is 10.2. The Bertz CT molecular complexity index is 403. The molecule has 0 unspecified atom stereocenters. The fourth-order valence-corrected chi connectivity index (χ4v) is 1.01. The molecule has 5 heteroatoms. The van der Waals surface area contributed by atoms with E-state index in [1.165, 1.54) is 29.1 Å². The number of aromatic carboxylic acids is 1. The molecule has 0 amide bonds. The van der Waals surface area contributed by atoms with E-state index in [9.17, 15) is 9.59 Å². The van der Waals surface area contributed by atoms with Crippen LogP contribution < -0.4 is 4.57 Å². The largest absolute Gasteiger partial charge is 0.602 e. The maximum Gasteiger partial charge on any atom is 0.602 e. The quantitative estimate of drug-likeness (QED) is 0.733. The molecule has 16 heavy (non-hydrogen) atoms. The van der Waals surface area contributed by atoms with Gasteiger partial charge in [0.05, 0.1) is 5.56 Å². The maximum absolute atomic E-state index is 11.5. The van der Waals surface area contributed by atoms with Crippen molar-refractivity contribution in [3.63, 3.8) is 0 Å². The van der Waals surface area contributed by atoms with E-state index in [0.717, 1.165) is 0 Å². The first-order valence-corrected chi connectivity index (χ1v) is 4.77. The molecule has 0 radical (unpaired) electrons. The zero-order valence-corrected chi connectivity index (χ0v) is 9.43. The van der Waals surface area contributed by atoms with Gasteiger partial charge in [-0.2, -0.15) is 4.79 Å². The van der Waals surface area contributed by atoms with E-state index in [4.69, 9.17) is 9.84 Å². The molecular weight excluding hydrogens is 210 g/mol. The average molecular weight is 224 g/mol. The Morgan fingerprint density at radius 1 is 1.25 bits per heavy atom. The third kappa shape index (κ3) is 3.34. The number of carboxylic acid groups (broad SMARTS) is 1. The maximum atomic E-state index is 11.5. The van der Waals surface area contributed by atoms with Crippen molar-refractivity contribution in [1.29, 1.82) is 0 Å². The van der Waals surface area contributed by atoms with Crippen molar-refractivity contribution in [2.24, 2.45) is 0 Å². The molecule has 1 N–H and O–H groups in total. The molecule has 1 aromatic rings. The van der Waals surface area contributed by atoms with Gasteiger partial charge in [-0.3, -0.25) is 0 Å². The normalized spacial score (nSPS) is 10.9. The summed E-state index contributed by atoms with van der Waals surface area (Å²) in [6, 6.07) is 2.68. The summed E-state index contributed by atoms with van der Waals surface area (Å²) in [6.07, 6.45) is 2.18. The van der Waals surface area contributed by atoms with Crippen molar-refractivity contribution in [3.05, 3.63) is 30.1 Å². The average Bonchev–Trinajstić information content (AvgIpc) is 2.15. The lowest BCUT2D eigenvalue weighted by molar-refractivity contribution is -0.588. The van der Waals surface area contributed by atoms with Gasteiger partial charge in [0.25, 0.3) is 0 Å². The van der Waals surface area contributed by atoms with Crippen LogP contribution in [0.3, 0.4) is 0 Å². The lowest BCUT2D eigenvalue weighted by Crippen LogP contribution is -2.46. The second kappa shape index (κ2) is 4.30. The van der Waals surface area contributed by atoms with Crippen LogP contribution in [0.4, 0.5) is 4.79 Å². The molecule has 1 rings (SSSR count). The monoisotopic (exact) mass is 224 g/mol. The van der Waals surface area contributed by atoms with Crippen LogP contribution in [-0.4, -0.2) is 22.8 Å². The van der Waals surface area contributed by atoms with Crippen LogP contribution in [0.1, 0.15) is 31.1 Å². The number of ether oxygens (including phenoxy) is 1. The highest BCUT2D eigenvalue weighted by Crippen LogP contribution is 2.06. The van der Waals surface area contributed by atoms with Crippen molar-refractivity contribution >= 4 is 12.1 Å². The van der Waals surface area contributed by atoms with Crippen molar-refractivity contribution in [1.82, 2.24) is 0 Å².